The van der Waals surface area contributed by atoms with Gasteiger partial charge in [0.2, 0.25) is 0 Å². The van der Waals surface area contributed by atoms with Gasteiger partial charge in [-0.3, -0.25) is 10.2 Å². The molecule has 0 amide bonds. The average molecular weight is 268 g/mol. The molecule has 1 aliphatic heterocycles. The van der Waals surface area contributed by atoms with Crippen molar-refractivity contribution in [3.05, 3.63) is 29.6 Å². The predicted molar refractivity (Wildman–Crippen MR) is 67.2 cm³/mol. The lowest BCUT2D eigenvalue weighted by Crippen LogP contribution is -2.29. The zero-order valence-electron chi connectivity index (χ0n) is 10.8. The number of carboxylic acids is 1. The molecule has 1 aromatic carbocycles. The Balaban J connectivity index is 2.34. The Bertz CT molecular complexity index is 481. The first-order valence-electron chi connectivity index (χ1n) is 6.09. The summed E-state index contributed by atoms with van der Waals surface area (Å²) in [4.78, 5) is 10.9. The maximum absolute atomic E-state index is 13.4. The van der Waals surface area contributed by atoms with Crippen LogP contribution in [0.5, 0.6) is 5.75 Å². The first-order chi connectivity index (χ1) is 9.02. The van der Waals surface area contributed by atoms with Gasteiger partial charge in [0.15, 0.2) is 0 Å². The molecular formula is C13H17FN2O3. The highest BCUT2D eigenvalue weighted by Gasteiger charge is 2.37. The summed E-state index contributed by atoms with van der Waals surface area (Å²) in [7, 11) is 1.51. The van der Waals surface area contributed by atoms with Crippen LogP contribution >= 0.6 is 0 Å². The Morgan fingerprint density at radius 1 is 1.47 bits per heavy atom. The largest absolute Gasteiger partial charge is 0.496 e. The zero-order valence-corrected chi connectivity index (χ0v) is 10.8. The van der Waals surface area contributed by atoms with Crippen molar-refractivity contribution in [2.75, 3.05) is 7.11 Å². The molecule has 3 N–H and O–H groups in total. The summed E-state index contributed by atoms with van der Waals surface area (Å²) in [5, 5.41) is 8.98. The molecule has 3 unspecified atom stereocenters. The SMILES string of the molecule is COc1ccc(F)cc1C1NNC(C)C1CC(=O)O. The second-order valence-electron chi connectivity index (χ2n) is 4.70. The number of halogens is 1. The van der Waals surface area contributed by atoms with Gasteiger partial charge in [-0.15, -0.1) is 0 Å². The molecule has 0 spiro atoms. The van der Waals surface area contributed by atoms with Crippen LogP contribution in [0.1, 0.15) is 24.9 Å². The van der Waals surface area contributed by atoms with Crippen LogP contribution in [0.25, 0.3) is 0 Å². The van der Waals surface area contributed by atoms with Crippen LogP contribution < -0.4 is 15.6 Å². The summed E-state index contributed by atoms with van der Waals surface area (Å²) >= 11 is 0. The molecule has 19 heavy (non-hydrogen) atoms. The number of nitrogens with one attached hydrogen (secondary N) is 2. The van der Waals surface area contributed by atoms with Crippen LogP contribution in [0.4, 0.5) is 4.39 Å². The molecule has 5 nitrogen and oxygen atoms in total. The molecule has 0 saturated carbocycles. The third kappa shape index (κ3) is 2.85. The van der Waals surface area contributed by atoms with E-state index in [1.807, 2.05) is 6.92 Å². The minimum atomic E-state index is -0.872. The summed E-state index contributed by atoms with van der Waals surface area (Å²) in [6.45, 7) is 1.90. The minimum absolute atomic E-state index is 0.00546. The summed E-state index contributed by atoms with van der Waals surface area (Å²) in [5.74, 6) is -0.868. The van der Waals surface area contributed by atoms with Crippen LogP contribution in [-0.4, -0.2) is 24.2 Å². The van der Waals surface area contributed by atoms with Crippen molar-refractivity contribution >= 4 is 5.97 Å². The van der Waals surface area contributed by atoms with E-state index in [1.165, 1.54) is 19.2 Å². The number of rotatable bonds is 4. The lowest BCUT2D eigenvalue weighted by Gasteiger charge is -2.21. The highest BCUT2D eigenvalue weighted by molar-refractivity contribution is 5.67. The molecule has 0 radical (unpaired) electrons. The van der Waals surface area contributed by atoms with E-state index in [2.05, 4.69) is 10.9 Å². The Kier molecular flexibility index (Phi) is 4.01. The van der Waals surface area contributed by atoms with E-state index in [-0.39, 0.29) is 30.2 Å². The second kappa shape index (κ2) is 5.54. The van der Waals surface area contributed by atoms with Gasteiger partial charge in [0.05, 0.1) is 19.6 Å². The highest BCUT2D eigenvalue weighted by Crippen LogP contribution is 2.36. The van der Waals surface area contributed by atoms with E-state index in [9.17, 15) is 9.18 Å². The molecule has 2 rings (SSSR count). The number of carbonyl (C=O) groups is 1. The van der Waals surface area contributed by atoms with E-state index in [4.69, 9.17) is 9.84 Å². The van der Waals surface area contributed by atoms with E-state index in [0.717, 1.165) is 0 Å². The molecule has 6 heteroatoms. The van der Waals surface area contributed by atoms with Crippen LogP contribution in [0.15, 0.2) is 18.2 Å². The maximum atomic E-state index is 13.4. The number of carboxylic acid groups (broad SMARTS) is 1. The fourth-order valence-electron chi connectivity index (χ4n) is 2.48. The first-order valence-corrected chi connectivity index (χ1v) is 6.09. The maximum Gasteiger partial charge on any atom is 0.303 e. The molecule has 0 aromatic heterocycles. The second-order valence-corrected chi connectivity index (χ2v) is 4.70. The Hall–Kier alpha value is -1.66. The number of hydrogen-bond acceptors (Lipinski definition) is 4. The lowest BCUT2D eigenvalue weighted by molar-refractivity contribution is -0.138. The molecule has 1 aromatic rings. The molecule has 1 saturated heterocycles. The van der Waals surface area contributed by atoms with E-state index < -0.39 is 5.97 Å². The lowest BCUT2D eigenvalue weighted by atomic mass is 9.87. The summed E-state index contributed by atoms with van der Waals surface area (Å²) in [6.07, 6.45) is 0.00546. The number of hydrogen-bond donors (Lipinski definition) is 3. The average Bonchev–Trinajstić information content (AvgIpc) is 2.70. The van der Waals surface area contributed by atoms with Crippen molar-refractivity contribution in [2.45, 2.75) is 25.4 Å². The smallest absolute Gasteiger partial charge is 0.303 e. The van der Waals surface area contributed by atoms with Gasteiger partial charge in [0.25, 0.3) is 0 Å². The van der Waals surface area contributed by atoms with Crippen molar-refractivity contribution in [1.82, 2.24) is 10.9 Å². The zero-order chi connectivity index (χ0) is 14.0. The molecule has 1 fully saturated rings. The van der Waals surface area contributed by atoms with Gasteiger partial charge in [0.1, 0.15) is 11.6 Å². The van der Waals surface area contributed by atoms with Crippen LogP contribution in [-0.2, 0) is 4.79 Å². The Labute approximate surface area is 110 Å². The van der Waals surface area contributed by atoms with Crippen LogP contribution in [0.3, 0.4) is 0 Å². The number of benzene rings is 1. The summed E-state index contributed by atoms with van der Waals surface area (Å²) in [5.41, 5.74) is 6.65. The van der Waals surface area contributed by atoms with Crippen molar-refractivity contribution in [2.24, 2.45) is 5.92 Å². The van der Waals surface area contributed by atoms with Crippen molar-refractivity contribution in [1.29, 1.82) is 0 Å². The van der Waals surface area contributed by atoms with Crippen molar-refractivity contribution < 1.29 is 19.0 Å². The standard InChI is InChI=1S/C13H17FN2O3/c1-7-9(6-12(17)18)13(16-15-7)10-5-8(14)3-4-11(10)19-2/h3-5,7,9,13,15-16H,6H2,1-2H3,(H,17,18). The van der Waals surface area contributed by atoms with E-state index in [1.54, 1.807) is 6.07 Å². The van der Waals surface area contributed by atoms with Crippen molar-refractivity contribution in [3.63, 3.8) is 0 Å². The van der Waals surface area contributed by atoms with Gasteiger partial charge in [-0.1, -0.05) is 0 Å². The molecule has 0 bridgehead atoms. The number of hydrazine groups is 1. The van der Waals surface area contributed by atoms with E-state index >= 15 is 0 Å². The number of ether oxygens (including phenoxy) is 1. The van der Waals surface area contributed by atoms with Crippen molar-refractivity contribution in [3.8, 4) is 5.75 Å². The van der Waals surface area contributed by atoms with Gasteiger partial charge in [-0.2, -0.15) is 0 Å². The third-order valence-corrected chi connectivity index (χ3v) is 3.47. The molecule has 3 atom stereocenters. The fraction of sp³-hybridized carbons (Fsp3) is 0.462. The van der Waals surface area contributed by atoms with Gasteiger partial charge < -0.3 is 9.84 Å². The third-order valence-electron chi connectivity index (χ3n) is 3.47. The summed E-state index contributed by atoms with van der Waals surface area (Å²) < 4.78 is 18.6. The van der Waals surface area contributed by atoms with E-state index in [0.29, 0.717) is 11.3 Å². The van der Waals surface area contributed by atoms with Gasteiger partial charge >= 0.3 is 5.97 Å². The molecule has 104 valence electrons. The molecule has 0 aliphatic carbocycles. The quantitative estimate of drug-likeness (QED) is 0.771. The Morgan fingerprint density at radius 2 is 2.21 bits per heavy atom. The van der Waals surface area contributed by atoms with Gasteiger partial charge in [-0.05, 0) is 25.1 Å². The first kappa shape index (κ1) is 13.8. The number of methoxy groups -OCH3 is 1. The summed E-state index contributed by atoms with van der Waals surface area (Å²) in [6, 6.07) is 3.93. The molecule has 1 heterocycles. The molecular weight excluding hydrogens is 251 g/mol. The van der Waals surface area contributed by atoms with Crippen LogP contribution in [0.2, 0.25) is 0 Å². The monoisotopic (exact) mass is 268 g/mol. The Morgan fingerprint density at radius 3 is 2.84 bits per heavy atom. The normalized spacial score (nSPS) is 26.4. The minimum Gasteiger partial charge on any atom is -0.496 e. The van der Waals surface area contributed by atoms with Crippen LogP contribution in [0, 0.1) is 11.7 Å². The van der Waals surface area contributed by atoms with Gasteiger partial charge in [-0.25, -0.2) is 9.82 Å². The fourth-order valence-corrected chi connectivity index (χ4v) is 2.48. The molecule has 1 aliphatic rings. The predicted octanol–water partition coefficient (Wildman–Crippen LogP) is 1.46. The topological polar surface area (TPSA) is 70.6 Å². The van der Waals surface area contributed by atoms with Gasteiger partial charge in [0, 0.05) is 17.5 Å². The number of aliphatic carboxylic acids is 1. The highest BCUT2D eigenvalue weighted by atomic mass is 19.1.